The summed E-state index contributed by atoms with van der Waals surface area (Å²) in [6.07, 6.45) is 1.23. The maximum atomic E-state index is 4.85. The zero-order valence-corrected chi connectivity index (χ0v) is 4.11. The Morgan fingerprint density at radius 1 is 1.83 bits per heavy atom. The highest BCUT2D eigenvalue weighted by atomic mass is 32.2. The molecule has 0 atom stereocenters. The van der Waals surface area contributed by atoms with Gasteiger partial charge in [0.25, 0.3) is 0 Å². The summed E-state index contributed by atoms with van der Waals surface area (Å²) < 4.78 is 3.54. The summed E-state index contributed by atoms with van der Waals surface area (Å²) in [7, 11) is 0. The Kier molecular flexibility index (Phi) is 4.23. The fraction of sp³-hybridized carbons (Fsp3) is 0. The van der Waals surface area contributed by atoms with Crippen molar-refractivity contribution in [3.63, 3.8) is 0 Å². The van der Waals surface area contributed by atoms with Gasteiger partial charge in [-0.3, -0.25) is 0 Å². The molecule has 0 fully saturated rings. The predicted octanol–water partition coefficient (Wildman–Crippen LogP) is 0.765. The summed E-state index contributed by atoms with van der Waals surface area (Å²) in [6, 6.07) is 0. The van der Waals surface area contributed by atoms with E-state index in [2.05, 4.69) is 11.0 Å². The fourth-order valence-corrected chi connectivity index (χ4v) is 0.235. The lowest BCUT2D eigenvalue weighted by Gasteiger charge is -1.70. The lowest BCUT2D eigenvalue weighted by atomic mass is 11.3. The smallest absolute Gasteiger partial charge is 0.0941 e. The van der Waals surface area contributed by atoms with E-state index in [0.717, 1.165) is 0 Å². The molecule has 0 saturated carbocycles. The van der Waals surface area contributed by atoms with Crippen LogP contribution in [0.3, 0.4) is 0 Å². The van der Waals surface area contributed by atoms with E-state index in [4.69, 9.17) is 5.73 Å². The molecule has 0 aliphatic carbocycles. The number of nitrogens with two attached hydrogens (primary N) is 1. The van der Waals surface area contributed by atoms with E-state index in [0.29, 0.717) is 0 Å². The van der Waals surface area contributed by atoms with Crippen LogP contribution in [0.2, 0.25) is 0 Å². The molecule has 0 aromatic carbocycles. The van der Waals surface area contributed by atoms with E-state index >= 15 is 0 Å². The van der Waals surface area contributed by atoms with Crippen LogP contribution in [0.5, 0.6) is 0 Å². The third kappa shape index (κ3) is 3.56. The van der Waals surface area contributed by atoms with E-state index < -0.39 is 0 Å². The van der Waals surface area contributed by atoms with Gasteiger partial charge in [-0.15, -0.1) is 0 Å². The Bertz CT molecular complexity index is 59.8. The highest BCUT2D eigenvalue weighted by molar-refractivity contribution is 8.00. The summed E-state index contributed by atoms with van der Waals surface area (Å²) in [5.41, 5.74) is 4.85. The molecule has 0 radical (unpaired) electrons. The van der Waals surface area contributed by atoms with Crippen LogP contribution < -0.4 is 5.73 Å². The van der Waals surface area contributed by atoms with Gasteiger partial charge in [0.1, 0.15) is 0 Å². The Balaban J connectivity index is 2.85. The van der Waals surface area contributed by atoms with Crippen LogP contribution in [-0.4, -0.2) is 6.34 Å². The van der Waals surface area contributed by atoms with Crippen LogP contribution in [0.1, 0.15) is 0 Å². The van der Waals surface area contributed by atoms with Crippen LogP contribution in [0.25, 0.3) is 0 Å². The van der Waals surface area contributed by atoms with E-state index in [9.17, 15) is 0 Å². The molecule has 0 saturated heterocycles. The Morgan fingerprint density at radius 3 is 2.67 bits per heavy atom. The van der Waals surface area contributed by atoms with Crippen LogP contribution in [0, 0.1) is 0 Å². The lowest BCUT2D eigenvalue weighted by molar-refractivity contribution is 1.79. The molecule has 0 aliphatic rings. The first-order valence-corrected chi connectivity index (χ1v) is 2.25. The lowest BCUT2D eigenvalue weighted by Crippen LogP contribution is -1.84. The van der Waals surface area contributed by atoms with Crippen molar-refractivity contribution >= 4 is 18.3 Å². The van der Waals surface area contributed by atoms with Crippen LogP contribution in [0.4, 0.5) is 0 Å². The zero-order valence-electron chi connectivity index (χ0n) is 3.29. The highest BCUT2D eigenvalue weighted by Gasteiger charge is 1.58. The minimum absolute atomic E-state index is 1.22. The van der Waals surface area contributed by atoms with Gasteiger partial charge in [0.2, 0.25) is 0 Å². The predicted molar refractivity (Wildman–Crippen MR) is 30.5 cm³/mol. The summed E-state index contributed by atoms with van der Waals surface area (Å²) in [5.74, 6) is 0. The van der Waals surface area contributed by atoms with E-state index in [1.165, 1.54) is 18.3 Å². The maximum Gasteiger partial charge on any atom is 0.0941 e. The van der Waals surface area contributed by atoms with Gasteiger partial charge < -0.3 is 5.73 Å². The molecule has 0 amide bonds. The summed E-state index contributed by atoms with van der Waals surface area (Å²) >= 11 is 1.22. The molecule has 3 heteroatoms. The first-order chi connectivity index (χ1) is 2.91. The minimum atomic E-state index is 1.22. The van der Waals surface area contributed by atoms with Gasteiger partial charge in [-0.05, 0) is 5.41 Å². The second-order valence-corrected chi connectivity index (χ2v) is 1.28. The zero-order chi connectivity index (χ0) is 4.83. The van der Waals surface area contributed by atoms with Crippen molar-refractivity contribution in [3.8, 4) is 0 Å². The van der Waals surface area contributed by atoms with E-state index in [-0.39, 0.29) is 0 Å². The van der Waals surface area contributed by atoms with Crippen LogP contribution in [0.15, 0.2) is 16.4 Å². The van der Waals surface area contributed by atoms with E-state index in [1.807, 2.05) is 0 Å². The molecular formula is C3H6N2S. The van der Waals surface area contributed by atoms with Crippen molar-refractivity contribution in [1.82, 2.24) is 0 Å². The molecule has 6 heavy (non-hydrogen) atoms. The summed E-state index contributed by atoms with van der Waals surface area (Å²) in [5, 5.41) is 1.60. The first-order valence-electron chi connectivity index (χ1n) is 1.42. The quantitative estimate of drug-likeness (QED) is 0.317. The fourth-order valence-electron chi connectivity index (χ4n) is 0.0782. The summed E-state index contributed by atoms with van der Waals surface area (Å²) in [4.78, 5) is 0. The topological polar surface area (TPSA) is 38.4 Å². The second-order valence-electron chi connectivity index (χ2n) is 0.527. The van der Waals surface area contributed by atoms with Crippen molar-refractivity contribution in [1.29, 1.82) is 0 Å². The maximum absolute atomic E-state index is 4.85. The van der Waals surface area contributed by atoms with Crippen LogP contribution in [-0.2, 0) is 0 Å². The summed E-state index contributed by atoms with van der Waals surface area (Å²) in [6.45, 7) is 3.39. The molecule has 0 aromatic rings. The molecule has 0 unspecified atom stereocenters. The highest BCUT2D eigenvalue weighted by Crippen LogP contribution is 1.96. The van der Waals surface area contributed by atoms with Gasteiger partial charge in [-0.25, -0.2) is 4.40 Å². The van der Waals surface area contributed by atoms with Crippen molar-refractivity contribution < 1.29 is 0 Å². The van der Waals surface area contributed by atoms with Gasteiger partial charge in [0.15, 0.2) is 0 Å². The van der Waals surface area contributed by atoms with Gasteiger partial charge in [0, 0.05) is 11.9 Å². The Hall–Kier alpha value is -0.440. The molecule has 0 aromatic heterocycles. The largest absolute Gasteiger partial charge is 0.389 e. The molecule has 34 valence electrons. The normalized spacial score (nSPS) is 9.33. The monoisotopic (exact) mass is 102 g/mol. The molecule has 2 nitrogen and oxygen atoms in total. The van der Waals surface area contributed by atoms with Gasteiger partial charge in [-0.2, -0.15) is 0 Å². The average molecular weight is 102 g/mol. The molecule has 0 bridgehead atoms. The molecule has 0 rings (SSSR count). The Labute approximate surface area is 41.3 Å². The van der Waals surface area contributed by atoms with Gasteiger partial charge in [-0.1, -0.05) is 6.58 Å². The van der Waals surface area contributed by atoms with Crippen LogP contribution >= 0.6 is 11.9 Å². The number of hydrogen-bond acceptors (Lipinski definition) is 2. The Morgan fingerprint density at radius 2 is 2.50 bits per heavy atom. The number of hydrogen-bond donors (Lipinski definition) is 1. The van der Waals surface area contributed by atoms with Gasteiger partial charge in [0.05, 0.1) is 6.34 Å². The molecule has 0 aliphatic heterocycles. The van der Waals surface area contributed by atoms with Crippen molar-refractivity contribution in [2.75, 3.05) is 0 Å². The van der Waals surface area contributed by atoms with Crippen molar-refractivity contribution in [2.45, 2.75) is 0 Å². The van der Waals surface area contributed by atoms with E-state index in [1.54, 1.807) is 5.41 Å². The second kappa shape index (κ2) is 4.56. The van der Waals surface area contributed by atoms with Gasteiger partial charge >= 0.3 is 0 Å². The number of nitrogens with zero attached hydrogens (tertiary/aromatic N) is 1. The first kappa shape index (κ1) is 5.56. The molecule has 0 spiro atoms. The minimum Gasteiger partial charge on any atom is -0.389 e. The standard InChI is InChI=1S/C3H6N2S/c1-2-6-5-3-4/h2-3H,1H2,(H2,4,5). The average Bonchev–Trinajstić information content (AvgIpc) is 1.61. The molecule has 2 N–H and O–H groups in total. The SMILES string of the molecule is C=CSN=CN. The third-order valence-corrected chi connectivity index (χ3v) is 0.589. The van der Waals surface area contributed by atoms with Crippen molar-refractivity contribution in [2.24, 2.45) is 10.1 Å². The molecule has 0 heterocycles. The van der Waals surface area contributed by atoms with Crippen molar-refractivity contribution in [3.05, 3.63) is 12.0 Å². The number of rotatable bonds is 2. The third-order valence-electron chi connectivity index (χ3n) is 0.196. The molecular weight excluding hydrogens is 96.1 g/mol.